The maximum absolute atomic E-state index is 6.17. The van der Waals surface area contributed by atoms with Gasteiger partial charge in [0.25, 0.3) is 0 Å². The van der Waals surface area contributed by atoms with Gasteiger partial charge in [-0.15, -0.1) is 23.7 Å². The molecule has 3 rings (SSSR count). The van der Waals surface area contributed by atoms with Gasteiger partial charge >= 0.3 is 0 Å². The number of aliphatic imine (C=N–C) groups is 1. The van der Waals surface area contributed by atoms with E-state index in [2.05, 4.69) is 42.5 Å². The number of nitrogens with two attached hydrogens (primary N) is 1. The highest BCUT2D eigenvalue weighted by molar-refractivity contribution is 7.27. The van der Waals surface area contributed by atoms with Gasteiger partial charge < -0.3 is 5.73 Å². The van der Waals surface area contributed by atoms with Crippen LogP contribution >= 0.6 is 23.7 Å². The van der Waals surface area contributed by atoms with Crippen molar-refractivity contribution < 1.29 is 0 Å². The van der Waals surface area contributed by atoms with Crippen molar-refractivity contribution in [2.45, 2.75) is 32.1 Å². The number of halogens is 1. The molecule has 1 aromatic carbocycles. The van der Waals surface area contributed by atoms with E-state index in [4.69, 9.17) is 5.73 Å². The minimum absolute atomic E-state index is 0. The van der Waals surface area contributed by atoms with Crippen molar-refractivity contribution in [3.8, 4) is 11.8 Å². The van der Waals surface area contributed by atoms with E-state index in [-0.39, 0.29) is 18.4 Å². The lowest BCUT2D eigenvalue weighted by Crippen LogP contribution is -2.34. The lowest BCUT2D eigenvalue weighted by Gasteiger charge is -2.13. The summed E-state index contributed by atoms with van der Waals surface area (Å²) in [6, 6.07) is 12.3. The molecule has 0 saturated carbocycles. The van der Waals surface area contributed by atoms with E-state index in [0.717, 1.165) is 16.9 Å². The highest BCUT2D eigenvalue weighted by atomic mass is 35.5. The number of benzene rings is 1. The number of hydrogen-bond donors (Lipinski definition) is 1. The van der Waals surface area contributed by atoms with Crippen LogP contribution in [0.15, 0.2) is 41.4 Å². The Morgan fingerprint density at radius 1 is 1.22 bits per heavy atom. The van der Waals surface area contributed by atoms with Crippen LogP contribution in [0.4, 0.5) is 0 Å². The van der Waals surface area contributed by atoms with Gasteiger partial charge in [0.15, 0.2) is 0 Å². The molecule has 1 aliphatic heterocycles. The maximum Gasteiger partial charge on any atom is 0.137 e. The summed E-state index contributed by atoms with van der Waals surface area (Å²) in [5.41, 5.74) is 8.52. The van der Waals surface area contributed by atoms with Gasteiger partial charge in [-0.3, -0.25) is 4.99 Å². The second-order valence-electron chi connectivity index (χ2n) is 6.58. The Morgan fingerprint density at radius 2 is 1.91 bits per heavy atom. The maximum atomic E-state index is 6.17. The van der Waals surface area contributed by atoms with Crippen molar-refractivity contribution in [1.29, 1.82) is 0 Å². The molecule has 0 bridgehead atoms. The molecular formula is C18H21ClN2SSi. The summed E-state index contributed by atoms with van der Waals surface area (Å²) < 4.78 is 1.49. The molecule has 0 radical (unpaired) electrons. The van der Waals surface area contributed by atoms with Crippen molar-refractivity contribution in [3.05, 3.63) is 52.4 Å². The van der Waals surface area contributed by atoms with E-state index in [1.807, 2.05) is 41.7 Å². The lowest BCUT2D eigenvalue weighted by atomic mass is 10.0. The molecule has 23 heavy (non-hydrogen) atoms. The Labute approximate surface area is 149 Å². The Kier molecular flexibility index (Phi) is 5.36. The average Bonchev–Trinajstić information content (AvgIpc) is 2.91. The number of hydrogen-bond acceptors (Lipinski definition) is 3. The van der Waals surface area contributed by atoms with E-state index < -0.39 is 8.07 Å². The van der Waals surface area contributed by atoms with Crippen molar-refractivity contribution >= 4 is 42.2 Å². The summed E-state index contributed by atoms with van der Waals surface area (Å²) in [6.45, 7) is 7.10. The van der Waals surface area contributed by atoms with E-state index in [9.17, 15) is 0 Å². The van der Waals surface area contributed by atoms with E-state index >= 15 is 0 Å². The molecular weight excluding hydrogens is 340 g/mol. The molecule has 0 aliphatic carbocycles. The Morgan fingerprint density at radius 3 is 2.57 bits per heavy atom. The molecule has 2 nitrogen and oxygen atoms in total. The lowest BCUT2D eigenvalue weighted by molar-refractivity contribution is 0.822. The molecule has 0 spiro atoms. The number of fused-ring (bicyclic) bond motifs is 1. The smallest absolute Gasteiger partial charge is 0.137 e. The molecule has 1 unspecified atom stereocenters. The number of thiophene rings is 1. The summed E-state index contributed by atoms with van der Waals surface area (Å²) in [6.07, 6.45) is 0.872. The fourth-order valence-corrected chi connectivity index (χ4v) is 5.41. The molecule has 0 fully saturated rings. The Bertz CT molecular complexity index is 779. The van der Waals surface area contributed by atoms with E-state index in [0.29, 0.717) is 5.84 Å². The summed E-state index contributed by atoms with van der Waals surface area (Å²) >= 11 is 1.82. The first-order valence-corrected chi connectivity index (χ1v) is 11.8. The molecule has 0 amide bonds. The normalized spacial score (nSPS) is 16.5. The molecule has 0 saturated heterocycles. The fourth-order valence-electron chi connectivity index (χ4n) is 2.42. The molecule has 1 aliphatic rings. The standard InChI is InChI=1S/C18H20N2SSi.ClH/c1-22(2,3)16-12-14-11-15(20-18(19)17(14)21-16)10-9-13-7-5-4-6-8-13;/h4-8,12,15H,11H2,1-3H3,(H2,19,20);1H. The van der Waals surface area contributed by atoms with E-state index in [1.54, 1.807) is 0 Å². The van der Waals surface area contributed by atoms with Crippen LogP contribution in [-0.4, -0.2) is 20.0 Å². The molecule has 5 heteroatoms. The van der Waals surface area contributed by atoms with Gasteiger partial charge in [0, 0.05) is 12.0 Å². The quantitative estimate of drug-likeness (QED) is 0.614. The van der Waals surface area contributed by atoms with Crippen LogP contribution < -0.4 is 10.2 Å². The van der Waals surface area contributed by atoms with Crippen LogP contribution in [0.3, 0.4) is 0 Å². The number of amidine groups is 1. The van der Waals surface area contributed by atoms with Gasteiger partial charge in [0.05, 0.1) is 13.0 Å². The molecule has 2 heterocycles. The minimum atomic E-state index is -1.30. The van der Waals surface area contributed by atoms with Gasteiger partial charge in [-0.1, -0.05) is 49.7 Å². The molecule has 120 valence electrons. The predicted octanol–water partition coefficient (Wildman–Crippen LogP) is 3.40. The van der Waals surface area contributed by atoms with Gasteiger partial charge in [-0.25, -0.2) is 0 Å². The second kappa shape index (κ2) is 6.92. The molecule has 2 aromatic rings. The Balaban J connectivity index is 0.00000192. The first-order chi connectivity index (χ1) is 10.4. The summed E-state index contributed by atoms with van der Waals surface area (Å²) in [4.78, 5) is 5.74. The van der Waals surface area contributed by atoms with Gasteiger partial charge in [0.2, 0.25) is 0 Å². The zero-order valence-corrected chi connectivity index (χ0v) is 16.2. The largest absolute Gasteiger partial charge is 0.383 e. The minimum Gasteiger partial charge on any atom is -0.383 e. The zero-order chi connectivity index (χ0) is 15.7. The number of rotatable bonds is 1. The first kappa shape index (κ1) is 17.8. The summed E-state index contributed by atoms with van der Waals surface area (Å²) in [5, 5.41) is 0. The van der Waals surface area contributed by atoms with E-state index in [1.165, 1.54) is 10.1 Å². The summed E-state index contributed by atoms with van der Waals surface area (Å²) in [5.74, 6) is 7.11. The zero-order valence-electron chi connectivity index (χ0n) is 13.6. The van der Waals surface area contributed by atoms with Crippen LogP contribution in [0.5, 0.6) is 0 Å². The van der Waals surface area contributed by atoms with Gasteiger partial charge in [-0.2, -0.15) is 0 Å². The van der Waals surface area contributed by atoms with Crippen LogP contribution in [0.1, 0.15) is 16.0 Å². The monoisotopic (exact) mass is 360 g/mol. The van der Waals surface area contributed by atoms with Gasteiger partial charge in [-0.05, 0) is 28.3 Å². The predicted molar refractivity (Wildman–Crippen MR) is 106 cm³/mol. The Hall–Kier alpha value is -1.54. The van der Waals surface area contributed by atoms with Crippen LogP contribution in [0, 0.1) is 11.8 Å². The fraction of sp³-hybridized carbons (Fsp3) is 0.278. The topological polar surface area (TPSA) is 38.4 Å². The molecule has 2 N–H and O–H groups in total. The van der Waals surface area contributed by atoms with Crippen LogP contribution in [0.25, 0.3) is 0 Å². The second-order valence-corrected chi connectivity index (χ2v) is 13.0. The number of nitrogens with zero attached hydrogens (tertiary/aromatic N) is 1. The third kappa shape index (κ3) is 4.05. The van der Waals surface area contributed by atoms with Crippen LogP contribution in [0.2, 0.25) is 19.6 Å². The van der Waals surface area contributed by atoms with Crippen molar-refractivity contribution in [2.75, 3.05) is 0 Å². The summed E-state index contributed by atoms with van der Waals surface area (Å²) in [7, 11) is -1.30. The first-order valence-electron chi connectivity index (χ1n) is 7.47. The highest BCUT2D eigenvalue weighted by Crippen LogP contribution is 2.24. The van der Waals surface area contributed by atoms with Crippen molar-refractivity contribution in [2.24, 2.45) is 10.7 Å². The third-order valence-corrected chi connectivity index (χ3v) is 8.43. The highest BCUT2D eigenvalue weighted by Gasteiger charge is 2.26. The van der Waals surface area contributed by atoms with Gasteiger partial charge in [0.1, 0.15) is 11.9 Å². The van der Waals surface area contributed by atoms with Crippen molar-refractivity contribution in [1.82, 2.24) is 0 Å². The third-order valence-electron chi connectivity index (χ3n) is 3.65. The van der Waals surface area contributed by atoms with Crippen LogP contribution in [-0.2, 0) is 6.42 Å². The SMILES string of the molecule is C[Si](C)(C)c1cc2c(s1)C(N)=NC(C#Cc1ccccc1)C2.Cl. The van der Waals surface area contributed by atoms with Crippen molar-refractivity contribution in [3.63, 3.8) is 0 Å². The average molecular weight is 361 g/mol. The molecule has 1 atom stereocenters. The molecule has 1 aromatic heterocycles.